The van der Waals surface area contributed by atoms with Crippen LogP contribution in [0.3, 0.4) is 0 Å². The van der Waals surface area contributed by atoms with Gasteiger partial charge in [0.1, 0.15) is 0 Å². The summed E-state index contributed by atoms with van der Waals surface area (Å²) in [5.41, 5.74) is 6.56. The fourth-order valence-electron chi connectivity index (χ4n) is 1.04. The Morgan fingerprint density at radius 3 is 2.79 bits per heavy atom. The third kappa shape index (κ3) is 2.79. The van der Waals surface area contributed by atoms with Gasteiger partial charge in [0, 0.05) is 16.3 Å². The third-order valence-electron chi connectivity index (χ3n) is 1.67. The van der Waals surface area contributed by atoms with Crippen molar-refractivity contribution in [3.63, 3.8) is 0 Å². The van der Waals surface area contributed by atoms with Crippen LogP contribution in [0.4, 0.5) is 5.69 Å². The molecule has 0 unspecified atom stereocenters. The first-order valence-corrected chi connectivity index (χ1v) is 4.50. The fraction of sp³-hybridized carbons (Fsp3) is 0.182. The monoisotopic (exact) mass is 207 g/mol. The third-order valence-corrected chi connectivity index (χ3v) is 1.89. The quantitative estimate of drug-likeness (QED) is 0.460. The van der Waals surface area contributed by atoms with Crippen molar-refractivity contribution >= 4 is 23.1 Å². The molecule has 1 rings (SSSR count). The minimum Gasteiger partial charge on any atom is -0.399 e. The summed E-state index contributed by atoms with van der Waals surface area (Å²) in [5.74, 6) is 5.30. The highest BCUT2D eigenvalue weighted by Crippen LogP contribution is 2.17. The number of benzene rings is 1. The van der Waals surface area contributed by atoms with E-state index in [0.717, 1.165) is 0 Å². The Hall–Kier alpha value is -1.46. The number of Topliss-reactive ketones (excluding diaryl/α,β-unsaturated/α-hetero) is 1. The number of carbonyl (C=O) groups is 1. The van der Waals surface area contributed by atoms with Crippen molar-refractivity contribution in [2.75, 3.05) is 5.73 Å². The zero-order chi connectivity index (χ0) is 10.6. The summed E-state index contributed by atoms with van der Waals surface area (Å²) < 4.78 is 0. The summed E-state index contributed by atoms with van der Waals surface area (Å²) in [7, 11) is 0. The first kappa shape index (κ1) is 10.6. The van der Waals surface area contributed by atoms with E-state index in [0.29, 0.717) is 16.3 Å². The Morgan fingerprint density at radius 1 is 1.50 bits per heavy atom. The van der Waals surface area contributed by atoms with Gasteiger partial charge in [0.15, 0.2) is 5.78 Å². The van der Waals surface area contributed by atoms with Crippen LogP contribution >= 0.6 is 11.6 Å². The predicted octanol–water partition coefficient (Wildman–Crippen LogP) is 2.52. The van der Waals surface area contributed by atoms with Gasteiger partial charge in [-0.25, -0.2) is 0 Å². The molecule has 0 aromatic heterocycles. The van der Waals surface area contributed by atoms with E-state index >= 15 is 0 Å². The zero-order valence-electron chi connectivity index (χ0n) is 7.80. The van der Waals surface area contributed by atoms with Crippen LogP contribution < -0.4 is 5.73 Å². The second-order valence-corrected chi connectivity index (χ2v) is 3.24. The van der Waals surface area contributed by atoms with Gasteiger partial charge in [-0.2, -0.15) is 0 Å². The SMILES string of the molecule is CC#CCC(=O)c1cc(N)cc(Cl)c1. The smallest absolute Gasteiger partial charge is 0.174 e. The number of halogens is 1. The molecule has 0 heterocycles. The van der Waals surface area contributed by atoms with Gasteiger partial charge >= 0.3 is 0 Å². The molecule has 1 aromatic carbocycles. The number of anilines is 1. The van der Waals surface area contributed by atoms with Gasteiger partial charge in [-0.1, -0.05) is 17.5 Å². The largest absolute Gasteiger partial charge is 0.399 e. The maximum atomic E-state index is 11.5. The molecule has 0 saturated heterocycles. The summed E-state index contributed by atoms with van der Waals surface area (Å²) in [4.78, 5) is 11.5. The van der Waals surface area contributed by atoms with E-state index < -0.39 is 0 Å². The molecule has 1 aromatic rings. The van der Waals surface area contributed by atoms with Crippen LogP contribution in [-0.2, 0) is 0 Å². The average Bonchev–Trinajstić information content (AvgIpc) is 2.12. The van der Waals surface area contributed by atoms with Gasteiger partial charge in [0.05, 0.1) is 6.42 Å². The van der Waals surface area contributed by atoms with Gasteiger partial charge in [-0.3, -0.25) is 4.79 Å². The maximum Gasteiger partial charge on any atom is 0.174 e. The lowest BCUT2D eigenvalue weighted by Crippen LogP contribution is -1.98. The van der Waals surface area contributed by atoms with Crippen molar-refractivity contribution < 1.29 is 4.79 Å². The molecule has 0 amide bonds. The highest BCUT2D eigenvalue weighted by molar-refractivity contribution is 6.31. The molecule has 0 saturated carbocycles. The van der Waals surface area contributed by atoms with Crippen molar-refractivity contribution in [2.24, 2.45) is 0 Å². The number of ketones is 1. The van der Waals surface area contributed by atoms with Crippen LogP contribution in [-0.4, -0.2) is 5.78 Å². The van der Waals surface area contributed by atoms with E-state index in [1.807, 2.05) is 0 Å². The van der Waals surface area contributed by atoms with E-state index in [4.69, 9.17) is 17.3 Å². The van der Waals surface area contributed by atoms with Crippen molar-refractivity contribution in [1.29, 1.82) is 0 Å². The molecule has 0 aliphatic heterocycles. The molecule has 2 N–H and O–H groups in total. The van der Waals surface area contributed by atoms with Gasteiger partial charge in [-0.15, -0.1) is 5.92 Å². The molecular formula is C11H10ClNO. The number of nitrogens with two attached hydrogens (primary N) is 1. The van der Waals surface area contributed by atoms with Crippen LogP contribution in [0.1, 0.15) is 23.7 Å². The van der Waals surface area contributed by atoms with Crippen LogP contribution in [0.25, 0.3) is 0 Å². The second kappa shape index (κ2) is 4.69. The summed E-state index contributed by atoms with van der Waals surface area (Å²) in [6.07, 6.45) is 0.205. The minimum atomic E-state index is -0.0615. The van der Waals surface area contributed by atoms with Crippen molar-refractivity contribution in [3.8, 4) is 11.8 Å². The Labute approximate surface area is 88.1 Å². The first-order valence-electron chi connectivity index (χ1n) is 4.12. The minimum absolute atomic E-state index is 0.0615. The van der Waals surface area contributed by atoms with E-state index in [-0.39, 0.29) is 12.2 Å². The van der Waals surface area contributed by atoms with Crippen molar-refractivity contribution in [3.05, 3.63) is 28.8 Å². The molecule has 2 nitrogen and oxygen atoms in total. The molecule has 3 heteroatoms. The van der Waals surface area contributed by atoms with E-state index in [2.05, 4.69) is 11.8 Å². The molecule has 0 bridgehead atoms. The van der Waals surface area contributed by atoms with Crippen LogP contribution in [0.2, 0.25) is 5.02 Å². The summed E-state index contributed by atoms with van der Waals surface area (Å²) in [6, 6.07) is 4.80. The van der Waals surface area contributed by atoms with Crippen LogP contribution in [0.15, 0.2) is 18.2 Å². The van der Waals surface area contributed by atoms with Gasteiger partial charge in [-0.05, 0) is 25.1 Å². The summed E-state index contributed by atoms with van der Waals surface area (Å²) in [6.45, 7) is 1.69. The molecule has 0 aliphatic rings. The standard InChI is InChI=1S/C11H10ClNO/c1-2-3-4-11(14)8-5-9(12)7-10(13)6-8/h5-7H,4,13H2,1H3. The second-order valence-electron chi connectivity index (χ2n) is 2.80. The zero-order valence-corrected chi connectivity index (χ0v) is 8.56. The molecule has 0 atom stereocenters. The molecule has 0 radical (unpaired) electrons. The lowest BCUT2D eigenvalue weighted by molar-refractivity contribution is 0.0998. The van der Waals surface area contributed by atoms with Crippen molar-refractivity contribution in [2.45, 2.75) is 13.3 Å². The maximum absolute atomic E-state index is 11.5. The Morgan fingerprint density at radius 2 is 2.21 bits per heavy atom. The van der Waals surface area contributed by atoms with Crippen LogP contribution in [0, 0.1) is 11.8 Å². The highest BCUT2D eigenvalue weighted by Gasteiger charge is 2.05. The lowest BCUT2D eigenvalue weighted by atomic mass is 10.1. The fourth-order valence-corrected chi connectivity index (χ4v) is 1.29. The Balaban J connectivity index is 2.93. The van der Waals surface area contributed by atoms with Gasteiger partial charge in [0.2, 0.25) is 0 Å². The lowest BCUT2D eigenvalue weighted by Gasteiger charge is -2.00. The molecule has 0 aliphatic carbocycles. The van der Waals surface area contributed by atoms with Gasteiger partial charge < -0.3 is 5.73 Å². The first-order chi connectivity index (χ1) is 6.63. The van der Waals surface area contributed by atoms with Crippen molar-refractivity contribution in [1.82, 2.24) is 0 Å². The van der Waals surface area contributed by atoms with E-state index in [1.165, 1.54) is 0 Å². The molecule has 0 spiro atoms. The number of rotatable bonds is 2. The Kier molecular flexibility index (Phi) is 3.55. The normalized spacial score (nSPS) is 9.00. The number of nitrogen functional groups attached to an aromatic ring is 1. The van der Waals surface area contributed by atoms with Crippen LogP contribution in [0.5, 0.6) is 0 Å². The molecule has 0 fully saturated rings. The van der Waals surface area contributed by atoms with E-state index in [1.54, 1.807) is 25.1 Å². The van der Waals surface area contributed by atoms with Gasteiger partial charge in [0.25, 0.3) is 0 Å². The topological polar surface area (TPSA) is 43.1 Å². The molecule has 72 valence electrons. The molecular weight excluding hydrogens is 198 g/mol. The molecule has 14 heavy (non-hydrogen) atoms. The summed E-state index contributed by atoms with van der Waals surface area (Å²) in [5, 5.41) is 0.470. The predicted molar refractivity (Wildman–Crippen MR) is 58.3 cm³/mol. The number of hydrogen-bond donors (Lipinski definition) is 1. The number of carbonyl (C=O) groups excluding carboxylic acids is 1. The van der Waals surface area contributed by atoms with E-state index in [9.17, 15) is 4.79 Å². The Bertz CT molecular complexity index is 395. The average molecular weight is 208 g/mol. The summed E-state index contributed by atoms with van der Waals surface area (Å²) >= 11 is 5.76. The highest BCUT2D eigenvalue weighted by atomic mass is 35.5. The number of hydrogen-bond acceptors (Lipinski definition) is 2.